The van der Waals surface area contributed by atoms with Crippen molar-refractivity contribution in [2.24, 2.45) is 0 Å². The Morgan fingerprint density at radius 3 is 3.00 bits per heavy atom. The first kappa shape index (κ1) is 11.7. The zero-order chi connectivity index (χ0) is 11.6. The van der Waals surface area contributed by atoms with Gasteiger partial charge in [-0.3, -0.25) is 0 Å². The fourth-order valence-corrected chi connectivity index (χ4v) is 3.80. The van der Waals surface area contributed by atoms with E-state index in [1.165, 1.54) is 0 Å². The molecule has 0 saturated carbocycles. The lowest BCUT2D eigenvalue weighted by molar-refractivity contribution is 0.426. The summed E-state index contributed by atoms with van der Waals surface area (Å²) in [5.74, 6) is 1.52. The van der Waals surface area contributed by atoms with Crippen LogP contribution in [0, 0.1) is 0 Å². The van der Waals surface area contributed by atoms with Gasteiger partial charge in [-0.1, -0.05) is 0 Å². The topological polar surface area (TPSA) is 59.3 Å². The van der Waals surface area contributed by atoms with Gasteiger partial charge in [0.15, 0.2) is 9.84 Å². The van der Waals surface area contributed by atoms with E-state index in [-0.39, 0.29) is 17.8 Å². The van der Waals surface area contributed by atoms with Gasteiger partial charge in [-0.05, 0) is 25.5 Å². The first-order valence-corrected chi connectivity index (χ1v) is 7.36. The molecule has 2 unspecified atom stereocenters. The number of hydrogen-bond acceptors (Lipinski definition) is 4. The molecule has 1 aromatic rings. The number of hydrogen-bond donors (Lipinski definition) is 1. The Morgan fingerprint density at radius 1 is 1.62 bits per heavy atom. The van der Waals surface area contributed by atoms with E-state index in [1.54, 1.807) is 6.26 Å². The standard InChI is InChI=1S/C11H17NO3S/c1-9(7-11-3-2-5-15-11)12-10-4-6-16(13,14)8-10/h2-3,5,9-10,12H,4,6-8H2,1H3. The van der Waals surface area contributed by atoms with Crippen molar-refractivity contribution >= 4 is 9.84 Å². The predicted octanol–water partition coefficient (Wildman–Crippen LogP) is 0.987. The summed E-state index contributed by atoms with van der Waals surface area (Å²) in [5, 5.41) is 3.33. The molecule has 0 amide bonds. The van der Waals surface area contributed by atoms with Gasteiger partial charge in [0.1, 0.15) is 5.76 Å². The van der Waals surface area contributed by atoms with E-state index in [1.807, 2.05) is 19.1 Å². The van der Waals surface area contributed by atoms with E-state index in [4.69, 9.17) is 4.42 Å². The smallest absolute Gasteiger partial charge is 0.151 e. The van der Waals surface area contributed by atoms with E-state index in [0.717, 1.165) is 18.6 Å². The van der Waals surface area contributed by atoms with Crippen molar-refractivity contribution in [3.05, 3.63) is 24.2 Å². The van der Waals surface area contributed by atoms with E-state index in [2.05, 4.69) is 5.32 Å². The van der Waals surface area contributed by atoms with Crippen LogP contribution in [-0.2, 0) is 16.3 Å². The number of furan rings is 1. The first-order valence-electron chi connectivity index (χ1n) is 5.54. The monoisotopic (exact) mass is 243 g/mol. The molecule has 90 valence electrons. The third-order valence-corrected chi connectivity index (χ3v) is 4.61. The van der Waals surface area contributed by atoms with Gasteiger partial charge in [0.25, 0.3) is 0 Å². The van der Waals surface area contributed by atoms with E-state index in [9.17, 15) is 8.42 Å². The highest BCUT2D eigenvalue weighted by molar-refractivity contribution is 7.91. The van der Waals surface area contributed by atoms with E-state index in [0.29, 0.717) is 5.75 Å². The normalized spacial score (nSPS) is 25.7. The summed E-state index contributed by atoms with van der Waals surface area (Å²) in [6.07, 6.45) is 3.18. The average molecular weight is 243 g/mol. The Balaban J connectivity index is 1.82. The Morgan fingerprint density at radius 2 is 2.44 bits per heavy atom. The first-order chi connectivity index (χ1) is 7.55. The van der Waals surface area contributed by atoms with Gasteiger partial charge >= 0.3 is 0 Å². The maximum Gasteiger partial charge on any atom is 0.151 e. The van der Waals surface area contributed by atoms with Crippen molar-refractivity contribution in [2.45, 2.75) is 31.8 Å². The molecule has 0 bridgehead atoms. The quantitative estimate of drug-likeness (QED) is 0.856. The predicted molar refractivity (Wildman–Crippen MR) is 62.1 cm³/mol. The van der Waals surface area contributed by atoms with Crippen LogP contribution in [0.4, 0.5) is 0 Å². The molecule has 1 aromatic heterocycles. The maximum atomic E-state index is 11.3. The molecule has 0 spiro atoms. The van der Waals surface area contributed by atoms with Crippen molar-refractivity contribution in [3.63, 3.8) is 0 Å². The summed E-state index contributed by atoms with van der Waals surface area (Å²) < 4.78 is 27.8. The van der Waals surface area contributed by atoms with Gasteiger partial charge in [-0.2, -0.15) is 0 Å². The van der Waals surface area contributed by atoms with Crippen LogP contribution in [-0.4, -0.2) is 32.0 Å². The third kappa shape index (κ3) is 3.09. The van der Waals surface area contributed by atoms with Gasteiger partial charge in [-0.15, -0.1) is 0 Å². The van der Waals surface area contributed by atoms with Gasteiger partial charge in [0.05, 0.1) is 17.8 Å². The van der Waals surface area contributed by atoms with Gasteiger partial charge in [0, 0.05) is 18.5 Å². The molecule has 4 nitrogen and oxygen atoms in total. The van der Waals surface area contributed by atoms with Gasteiger partial charge in [0.2, 0.25) is 0 Å². The lowest BCUT2D eigenvalue weighted by Gasteiger charge is -2.17. The molecule has 1 aliphatic heterocycles. The van der Waals surface area contributed by atoms with Crippen molar-refractivity contribution in [1.82, 2.24) is 5.32 Å². The van der Waals surface area contributed by atoms with Crippen LogP contribution in [0.3, 0.4) is 0 Å². The van der Waals surface area contributed by atoms with Gasteiger partial charge in [-0.25, -0.2) is 8.42 Å². The highest BCUT2D eigenvalue weighted by atomic mass is 32.2. The molecule has 0 aromatic carbocycles. The second kappa shape index (κ2) is 4.59. The van der Waals surface area contributed by atoms with Crippen molar-refractivity contribution in [2.75, 3.05) is 11.5 Å². The maximum absolute atomic E-state index is 11.3. The summed E-state index contributed by atoms with van der Waals surface area (Å²) in [6, 6.07) is 4.14. The highest BCUT2D eigenvalue weighted by Gasteiger charge is 2.28. The zero-order valence-electron chi connectivity index (χ0n) is 9.35. The molecule has 1 fully saturated rings. The Bertz CT molecular complexity index is 424. The minimum absolute atomic E-state index is 0.106. The number of rotatable bonds is 4. The summed E-state index contributed by atoms with van der Waals surface area (Å²) in [4.78, 5) is 0. The molecule has 2 rings (SSSR count). The Kier molecular flexibility index (Phi) is 3.35. The van der Waals surface area contributed by atoms with Crippen LogP contribution >= 0.6 is 0 Å². The number of nitrogens with one attached hydrogen (secondary N) is 1. The van der Waals surface area contributed by atoms with Crippen molar-refractivity contribution in [1.29, 1.82) is 0 Å². The van der Waals surface area contributed by atoms with Gasteiger partial charge < -0.3 is 9.73 Å². The van der Waals surface area contributed by atoms with Crippen LogP contribution in [0.25, 0.3) is 0 Å². The molecule has 1 aliphatic rings. The molecule has 5 heteroatoms. The second-order valence-corrected chi connectivity index (χ2v) is 6.68. The molecule has 16 heavy (non-hydrogen) atoms. The van der Waals surface area contributed by atoms with Crippen LogP contribution in [0.2, 0.25) is 0 Å². The van der Waals surface area contributed by atoms with E-state index < -0.39 is 9.84 Å². The second-order valence-electron chi connectivity index (χ2n) is 4.45. The fraction of sp³-hybridized carbons (Fsp3) is 0.636. The summed E-state index contributed by atoms with van der Waals surface area (Å²) >= 11 is 0. The summed E-state index contributed by atoms with van der Waals surface area (Å²) in [7, 11) is -2.79. The molecule has 0 radical (unpaired) electrons. The zero-order valence-corrected chi connectivity index (χ0v) is 10.2. The summed E-state index contributed by atoms with van der Waals surface area (Å²) in [6.45, 7) is 2.05. The molecular formula is C11H17NO3S. The molecule has 1 N–H and O–H groups in total. The largest absolute Gasteiger partial charge is 0.469 e. The minimum Gasteiger partial charge on any atom is -0.469 e. The Hall–Kier alpha value is -0.810. The average Bonchev–Trinajstić information content (AvgIpc) is 2.76. The third-order valence-electron chi connectivity index (χ3n) is 2.84. The fourth-order valence-electron chi connectivity index (χ4n) is 2.12. The molecule has 2 atom stereocenters. The molecule has 0 aliphatic carbocycles. The Labute approximate surface area is 95.9 Å². The lowest BCUT2D eigenvalue weighted by Crippen LogP contribution is -2.38. The highest BCUT2D eigenvalue weighted by Crippen LogP contribution is 2.13. The van der Waals surface area contributed by atoms with E-state index >= 15 is 0 Å². The van der Waals surface area contributed by atoms with Crippen molar-refractivity contribution in [3.8, 4) is 0 Å². The van der Waals surface area contributed by atoms with Crippen LogP contribution in [0.1, 0.15) is 19.1 Å². The molecular weight excluding hydrogens is 226 g/mol. The minimum atomic E-state index is -2.79. The SMILES string of the molecule is CC(Cc1ccco1)NC1CCS(=O)(=O)C1. The lowest BCUT2D eigenvalue weighted by atomic mass is 10.1. The summed E-state index contributed by atoms with van der Waals surface area (Å²) in [5.41, 5.74) is 0. The van der Waals surface area contributed by atoms with Crippen molar-refractivity contribution < 1.29 is 12.8 Å². The van der Waals surface area contributed by atoms with Crippen LogP contribution in [0.15, 0.2) is 22.8 Å². The molecule has 2 heterocycles. The van der Waals surface area contributed by atoms with Crippen LogP contribution in [0.5, 0.6) is 0 Å². The number of sulfone groups is 1. The molecule has 1 saturated heterocycles. The van der Waals surface area contributed by atoms with Crippen LogP contribution < -0.4 is 5.32 Å².